The Balaban J connectivity index is 1.78. The number of aromatic hydroxyl groups is 1. The van der Waals surface area contributed by atoms with Crippen molar-refractivity contribution in [3.63, 3.8) is 0 Å². The van der Waals surface area contributed by atoms with E-state index in [1.807, 2.05) is 74.5 Å². The lowest BCUT2D eigenvalue weighted by Crippen LogP contribution is -2.42. The first-order valence-electron chi connectivity index (χ1n) is 9.75. The number of ether oxygens (including phenoxy) is 1. The molecule has 148 valence electrons. The molecule has 0 radical (unpaired) electrons. The summed E-state index contributed by atoms with van der Waals surface area (Å²) in [5, 5.41) is 14.2. The van der Waals surface area contributed by atoms with Crippen LogP contribution < -0.4 is 10.1 Å². The summed E-state index contributed by atoms with van der Waals surface area (Å²) < 4.78 is 5.55. The van der Waals surface area contributed by atoms with Crippen molar-refractivity contribution in [1.29, 1.82) is 0 Å². The fourth-order valence-electron chi connectivity index (χ4n) is 3.62. The molecule has 0 fully saturated rings. The molecule has 0 saturated heterocycles. The van der Waals surface area contributed by atoms with E-state index >= 15 is 0 Å². The highest BCUT2D eigenvalue weighted by atomic mass is 16.5. The molecule has 5 nitrogen and oxygen atoms in total. The van der Waals surface area contributed by atoms with Gasteiger partial charge in [-0.05, 0) is 37.6 Å². The zero-order valence-corrected chi connectivity index (χ0v) is 16.6. The molecule has 1 aliphatic rings. The summed E-state index contributed by atoms with van der Waals surface area (Å²) in [6.07, 6.45) is -0.515. The van der Waals surface area contributed by atoms with Crippen molar-refractivity contribution in [3.05, 3.63) is 89.0 Å². The minimum Gasteiger partial charge on any atom is -0.504 e. The summed E-state index contributed by atoms with van der Waals surface area (Å²) in [5.41, 5.74) is 4.17. The molecule has 1 amide bonds. The molecule has 2 N–H and O–H groups in total. The summed E-state index contributed by atoms with van der Waals surface area (Å²) >= 11 is 0. The Bertz CT molecular complexity index is 1030. The van der Waals surface area contributed by atoms with Gasteiger partial charge in [0.15, 0.2) is 11.5 Å². The van der Waals surface area contributed by atoms with Crippen LogP contribution in [-0.2, 0) is 6.54 Å². The number of anilines is 1. The molecule has 29 heavy (non-hydrogen) atoms. The SMILES string of the molecule is CCOc1cccc([C@@H]2Nc3ccccc3C(=O)N2Cc2ccc(C)cc2)c1O. The molecule has 0 aromatic heterocycles. The van der Waals surface area contributed by atoms with E-state index in [1.165, 1.54) is 5.56 Å². The van der Waals surface area contributed by atoms with E-state index in [2.05, 4.69) is 5.32 Å². The maximum Gasteiger partial charge on any atom is 0.258 e. The van der Waals surface area contributed by atoms with Gasteiger partial charge in [-0.2, -0.15) is 0 Å². The van der Waals surface area contributed by atoms with Crippen LogP contribution in [0.15, 0.2) is 66.7 Å². The third kappa shape index (κ3) is 3.63. The molecule has 0 bridgehead atoms. The highest BCUT2D eigenvalue weighted by Gasteiger charge is 2.34. The average molecular weight is 388 g/mol. The number of fused-ring (bicyclic) bond motifs is 1. The van der Waals surface area contributed by atoms with Crippen molar-refractivity contribution in [2.45, 2.75) is 26.6 Å². The van der Waals surface area contributed by atoms with Crippen LogP contribution in [0.4, 0.5) is 5.69 Å². The molecule has 3 aromatic carbocycles. The lowest BCUT2D eigenvalue weighted by atomic mass is 10.0. The lowest BCUT2D eigenvalue weighted by Gasteiger charge is -2.38. The summed E-state index contributed by atoms with van der Waals surface area (Å²) in [5.74, 6) is 0.382. The van der Waals surface area contributed by atoms with Crippen molar-refractivity contribution in [1.82, 2.24) is 4.90 Å². The number of para-hydroxylation sites is 2. The van der Waals surface area contributed by atoms with Crippen molar-refractivity contribution in [3.8, 4) is 11.5 Å². The number of rotatable bonds is 5. The molecule has 0 aliphatic carbocycles. The van der Waals surface area contributed by atoms with E-state index in [0.717, 1.165) is 11.3 Å². The minimum absolute atomic E-state index is 0.0490. The number of hydrogen-bond donors (Lipinski definition) is 2. The van der Waals surface area contributed by atoms with Gasteiger partial charge in [0.1, 0.15) is 6.17 Å². The number of hydrogen-bond acceptors (Lipinski definition) is 4. The Hall–Kier alpha value is -3.47. The molecule has 1 atom stereocenters. The minimum atomic E-state index is -0.515. The number of benzene rings is 3. The van der Waals surface area contributed by atoms with Crippen LogP contribution in [0.1, 0.15) is 40.1 Å². The van der Waals surface area contributed by atoms with Gasteiger partial charge in [-0.1, -0.05) is 54.1 Å². The van der Waals surface area contributed by atoms with Gasteiger partial charge in [0, 0.05) is 17.8 Å². The van der Waals surface area contributed by atoms with Crippen molar-refractivity contribution < 1.29 is 14.6 Å². The first kappa shape index (κ1) is 18.9. The molecule has 0 saturated carbocycles. The van der Waals surface area contributed by atoms with Gasteiger partial charge in [-0.3, -0.25) is 4.79 Å². The number of nitrogens with one attached hydrogen (secondary N) is 1. The predicted molar refractivity (Wildman–Crippen MR) is 113 cm³/mol. The van der Waals surface area contributed by atoms with Crippen LogP contribution in [0.25, 0.3) is 0 Å². The van der Waals surface area contributed by atoms with Crippen molar-refractivity contribution in [2.24, 2.45) is 0 Å². The van der Waals surface area contributed by atoms with E-state index in [9.17, 15) is 9.90 Å². The van der Waals surface area contributed by atoms with Gasteiger partial charge in [0.2, 0.25) is 0 Å². The van der Waals surface area contributed by atoms with Crippen LogP contribution in [0.2, 0.25) is 0 Å². The van der Waals surface area contributed by atoms with Crippen LogP contribution >= 0.6 is 0 Å². The molecular formula is C24H24N2O3. The number of aryl methyl sites for hydroxylation is 1. The zero-order chi connectivity index (χ0) is 20.4. The maximum absolute atomic E-state index is 13.4. The smallest absolute Gasteiger partial charge is 0.258 e. The van der Waals surface area contributed by atoms with Crippen molar-refractivity contribution in [2.75, 3.05) is 11.9 Å². The largest absolute Gasteiger partial charge is 0.504 e. The summed E-state index contributed by atoms with van der Waals surface area (Å²) in [6, 6.07) is 20.9. The fourth-order valence-corrected chi connectivity index (χ4v) is 3.62. The highest BCUT2D eigenvalue weighted by Crippen LogP contribution is 2.40. The fraction of sp³-hybridized carbons (Fsp3) is 0.208. The van der Waals surface area contributed by atoms with E-state index in [1.54, 1.807) is 11.0 Å². The van der Waals surface area contributed by atoms with Gasteiger partial charge in [-0.15, -0.1) is 0 Å². The first-order chi connectivity index (χ1) is 14.1. The van der Waals surface area contributed by atoms with Crippen LogP contribution in [0, 0.1) is 6.92 Å². The number of amides is 1. The molecule has 1 aliphatic heterocycles. The van der Waals surface area contributed by atoms with E-state index in [-0.39, 0.29) is 11.7 Å². The van der Waals surface area contributed by atoms with E-state index in [4.69, 9.17) is 4.74 Å². The van der Waals surface area contributed by atoms with Gasteiger partial charge < -0.3 is 20.1 Å². The van der Waals surface area contributed by atoms with E-state index in [0.29, 0.717) is 30.0 Å². The van der Waals surface area contributed by atoms with Gasteiger partial charge in [-0.25, -0.2) is 0 Å². The molecule has 1 heterocycles. The Kier molecular flexibility index (Phi) is 5.12. The Morgan fingerprint density at radius 3 is 2.55 bits per heavy atom. The third-order valence-electron chi connectivity index (χ3n) is 5.12. The average Bonchev–Trinajstić information content (AvgIpc) is 2.73. The Morgan fingerprint density at radius 1 is 1.03 bits per heavy atom. The molecule has 4 rings (SSSR count). The second kappa shape index (κ2) is 7.87. The quantitative estimate of drug-likeness (QED) is 0.655. The molecular weight excluding hydrogens is 364 g/mol. The highest BCUT2D eigenvalue weighted by molar-refractivity contribution is 6.01. The van der Waals surface area contributed by atoms with Crippen LogP contribution in [0.3, 0.4) is 0 Å². The monoisotopic (exact) mass is 388 g/mol. The molecule has 5 heteroatoms. The zero-order valence-electron chi connectivity index (χ0n) is 16.6. The maximum atomic E-state index is 13.4. The molecule has 0 spiro atoms. The second-order valence-corrected chi connectivity index (χ2v) is 7.14. The summed E-state index contributed by atoms with van der Waals surface area (Å²) in [6.45, 7) is 4.77. The standard InChI is InChI=1S/C24H24N2O3/c1-3-29-21-10-6-8-19(22(21)27)23-25-20-9-5-4-7-18(20)24(28)26(23)15-17-13-11-16(2)12-14-17/h4-14,23,25,27H,3,15H2,1-2H3/t23-/m1/s1. The van der Waals surface area contributed by atoms with Crippen LogP contribution in [0.5, 0.6) is 11.5 Å². The third-order valence-corrected chi connectivity index (χ3v) is 5.12. The number of nitrogens with zero attached hydrogens (tertiary/aromatic N) is 1. The van der Waals surface area contributed by atoms with Crippen LogP contribution in [-0.4, -0.2) is 22.5 Å². The van der Waals surface area contributed by atoms with E-state index < -0.39 is 6.17 Å². The first-order valence-corrected chi connectivity index (χ1v) is 9.75. The Morgan fingerprint density at radius 2 is 1.79 bits per heavy atom. The number of carbonyl (C=O) groups is 1. The van der Waals surface area contributed by atoms with Gasteiger partial charge >= 0.3 is 0 Å². The lowest BCUT2D eigenvalue weighted by molar-refractivity contribution is 0.0664. The molecule has 3 aromatic rings. The summed E-state index contributed by atoms with van der Waals surface area (Å²) in [7, 11) is 0. The van der Waals surface area contributed by atoms with Gasteiger partial charge in [0.25, 0.3) is 5.91 Å². The normalized spacial score (nSPS) is 15.6. The van der Waals surface area contributed by atoms with Gasteiger partial charge in [0.05, 0.1) is 12.2 Å². The Labute approximate surface area is 170 Å². The van der Waals surface area contributed by atoms with Crippen molar-refractivity contribution >= 4 is 11.6 Å². The number of phenolic OH excluding ortho intramolecular Hbond substituents is 1. The molecule has 0 unspecified atom stereocenters. The summed E-state index contributed by atoms with van der Waals surface area (Å²) in [4.78, 5) is 15.1. The second-order valence-electron chi connectivity index (χ2n) is 7.14. The number of phenols is 1. The predicted octanol–water partition coefficient (Wildman–Crippen LogP) is 4.87. The topological polar surface area (TPSA) is 61.8 Å². The number of carbonyl (C=O) groups excluding carboxylic acids is 1.